The van der Waals surface area contributed by atoms with Crippen LogP contribution in [0.15, 0.2) is 11.6 Å². The number of allylic oxidation sites excluding steroid dienone is 2. The Bertz CT molecular complexity index is 398. The first kappa shape index (κ1) is 15.6. The lowest BCUT2D eigenvalue weighted by Gasteiger charge is -2.26. The van der Waals surface area contributed by atoms with Gasteiger partial charge in [0, 0.05) is 5.57 Å². The van der Waals surface area contributed by atoms with Crippen LogP contribution in [-0.2, 0) is 0 Å². The molecule has 2 rings (SSSR count). The standard InChI is InChI=1S/C19H31N/c1-5-6-7-8-9-15(13-20)12-16-14(2)10-11-17-18(16)19(17,3)4/h12,14,16-18H,5-11H2,1-4H3. The van der Waals surface area contributed by atoms with Crippen molar-refractivity contribution >= 4 is 0 Å². The zero-order chi connectivity index (χ0) is 14.8. The number of rotatable bonds is 6. The Labute approximate surface area is 125 Å². The van der Waals surface area contributed by atoms with Crippen LogP contribution in [0.25, 0.3) is 0 Å². The number of hydrogen-bond acceptors (Lipinski definition) is 1. The minimum atomic E-state index is 0.523. The van der Waals surface area contributed by atoms with Gasteiger partial charge in [-0.3, -0.25) is 0 Å². The van der Waals surface area contributed by atoms with Crippen LogP contribution < -0.4 is 0 Å². The minimum absolute atomic E-state index is 0.523. The van der Waals surface area contributed by atoms with E-state index in [1.807, 2.05) is 0 Å². The molecular formula is C19H31N. The average Bonchev–Trinajstić information content (AvgIpc) is 2.98. The molecule has 4 atom stereocenters. The fraction of sp³-hybridized carbons (Fsp3) is 0.842. The fourth-order valence-corrected chi connectivity index (χ4v) is 4.51. The maximum absolute atomic E-state index is 9.41. The number of nitrogens with zero attached hydrogens (tertiary/aromatic N) is 1. The molecule has 2 aliphatic carbocycles. The predicted molar refractivity (Wildman–Crippen MR) is 85.1 cm³/mol. The quantitative estimate of drug-likeness (QED) is 0.448. The average molecular weight is 273 g/mol. The van der Waals surface area contributed by atoms with E-state index in [1.54, 1.807) is 0 Å². The number of nitriles is 1. The van der Waals surface area contributed by atoms with E-state index in [4.69, 9.17) is 0 Å². The largest absolute Gasteiger partial charge is 0.193 e. The van der Waals surface area contributed by atoms with Gasteiger partial charge in [-0.1, -0.05) is 53.0 Å². The predicted octanol–water partition coefficient (Wildman–Crippen LogP) is 5.73. The Morgan fingerprint density at radius 1 is 1.25 bits per heavy atom. The van der Waals surface area contributed by atoms with Gasteiger partial charge in [0.1, 0.15) is 0 Å². The van der Waals surface area contributed by atoms with Gasteiger partial charge in [-0.15, -0.1) is 0 Å². The summed E-state index contributed by atoms with van der Waals surface area (Å²) in [5.41, 5.74) is 1.58. The van der Waals surface area contributed by atoms with Crippen molar-refractivity contribution in [2.45, 2.75) is 72.6 Å². The van der Waals surface area contributed by atoms with Crippen LogP contribution in [0.2, 0.25) is 0 Å². The van der Waals surface area contributed by atoms with Gasteiger partial charge in [0.15, 0.2) is 0 Å². The smallest absolute Gasteiger partial charge is 0.0943 e. The van der Waals surface area contributed by atoms with Gasteiger partial charge in [0.25, 0.3) is 0 Å². The minimum Gasteiger partial charge on any atom is -0.193 e. The second-order valence-corrected chi connectivity index (χ2v) is 7.70. The Balaban J connectivity index is 1.97. The summed E-state index contributed by atoms with van der Waals surface area (Å²) in [5, 5.41) is 9.41. The summed E-state index contributed by atoms with van der Waals surface area (Å²) in [6.07, 6.45) is 11.1. The SMILES string of the molecule is CCCCCCC(C#N)=CC1C(C)CCC2C1C2(C)C. The van der Waals surface area contributed by atoms with Crippen LogP contribution in [-0.4, -0.2) is 0 Å². The van der Waals surface area contributed by atoms with E-state index < -0.39 is 0 Å². The third-order valence-electron chi connectivity index (χ3n) is 5.98. The van der Waals surface area contributed by atoms with Crippen molar-refractivity contribution in [1.29, 1.82) is 5.26 Å². The highest BCUT2D eigenvalue weighted by atomic mass is 14.7. The maximum atomic E-state index is 9.41. The maximum Gasteiger partial charge on any atom is 0.0943 e. The number of hydrogen-bond donors (Lipinski definition) is 0. The Morgan fingerprint density at radius 3 is 2.65 bits per heavy atom. The summed E-state index contributed by atoms with van der Waals surface area (Å²) < 4.78 is 0. The fourth-order valence-electron chi connectivity index (χ4n) is 4.51. The van der Waals surface area contributed by atoms with Crippen LogP contribution >= 0.6 is 0 Å². The molecule has 0 radical (unpaired) electrons. The molecule has 2 fully saturated rings. The summed E-state index contributed by atoms with van der Waals surface area (Å²) in [6, 6.07) is 2.47. The van der Waals surface area contributed by atoms with E-state index >= 15 is 0 Å². The van der Waals surface area contributed by atoms with E-state index in [-0.39, 0.29) is 0 Å². The normalized spacial score (nSPS) is 35.2. The van der Waals surface area contributed by atoms with E-state index in [2.05, 4.69) is 39.8 Å². The van der Waals surface area contributed by atoms with Crippen molar-refractivity contribution < 1.29 is 0 Å². The monoisotopic (exact) mass is 273 g/mol. The lowest BCUT2D eigenvalue weighted by atomic mass is 9.78. The lowest BCUT2D eigenvalue weighted by Crippen LogP contribution is -2.18. The summed E-state index contributed by atoms with van der Waals surface area (Å²) in [7, 11) is 0. The molecule has 0 amide bonds. The zero-order valence-corrected chi connectivity index (χ0v) is 13.8. The topological polar surface area (TPSA) is 23.8 Å². The van der Waals surface area contributed by atoms with E-state index in [1.165, 1.54) is 38.5 Å². The molecule has 1 heteroatoms. The zero-order valence-electron chi connectivity index (χ0n) is 13.8. The molecule has 0 aliphatic heterocycles. The van der Waals surface area contributed by atoms with E-state index in [0.29, 0.717) is 11.3 Å². The lowest BCUT2D eigenvalue weighted by molar-refractivity contribution is 0.283. The first-order valence-electron chi connectivity index (χ1n) is 8.63. The highest BCUT2D eigenvalue weighted by molar-refractivity contribution is 5.25. The molecule has 1 nitrogen and oxygen atoms in total. The van der Waals surface area contributed by atoms with Gasteiger partial charge in [0.2, 0.25) is 0 Å². The molecule has 2 saturated carbocycles. The van der Waals surface area contributed by atoms with E-state index in [0.717, 1.165) is 29.7 Å². The number of unbranched alkanes of at least 4 members (excludes halogenated alkanes) is 3. The van der Waals surface area contributed by atoms with Crippen LogP contribution in [0.5, 0.6) is 0 Å². The van der Waals surface area contributed by atoms with Gasteiger partial charge in [-0.05, 0) is 54.8 Å². The van der Waals surface area contributed by atoms with Crippen LogP contribution in [0.4, 0.5) is 0 Å². The third kappa shape index (κ3) is 3.11. The van der Waals surface area contributed by atoms with Crippen molar-refractivity contribution in [3.05, 3.63) is 11.6 Å². The summed E-state index contributed by atoms with van der Waals surface area (Å²) in [4.78, 5) is 0. The molecule has 0 spiro atoms. The van der Waals surface area contributed by atoms with Gasteiger partial charge in [-0.25, -0.2) is 0 Å². The Hall–Kier alpha value is -0.770. The molecule has 20 heavy (non-hydrogen) atoms. The second-order valence-electron chi connectivity index (χ2n) is 7.70. The van der Waals surface area contributed by atoms with Gasteiger partial charge >= 0.3 is 0 Å². The molecule has 0 N–H and O–H groups in total. The summed E-state index contributed by atoms with van der Waals surface area (Å²) >= 11 is 0. The highest BCUT2D eigenvalue weighted by Crippen LogP contribution is 2.68. The van der Waals surface area contributed by atoms with Crippen LogP contribution in [0.1, 0.15) is 72.6 Å². The van der Waals surface area contributed by atoms with Crippen molar-refractivity contribution in [3.8, 4) is 6.07 Å². The molecular weight excluding hydrogens is 242 g/mol. The molecule has 0 aromatic carbocycles. The highest BCUT2D eigenvalue weighted by Gasteiger charge is 2.62. The first-order valence-corrected chi connectivity index (χ1v) is 8.63. The van der Waals surface area contributed by atoms with Crippen molar-refractivity contribution in [1.82, 2.24) is 0 Å². The summed E-state index contributed by atoms with van der Waals surface area (Å²) in [6.45, 7) is 9.47. The van der Waals surface area contributed by atoms with Gasteiger partial charge < -0.3 is 0 Å². The molecule has 0 heterocycles. The Morgan fingerprint density at radius 2 is 2.00 bits per heavy atom. The first-order chi connectivity index (χ1) is 9.52. The van der Waals surface area contributed by atoms with E-state index in [9.17, 15) is 5.26 Å². The van der Waals surface area contributed by atoms with Gasteiger partial charge in [-0.2, -0.15) is 5.26 Å². The van der Waals surface area contributed by atoms with Crippen LogP contribution in [0, 0.1) is 40.4 Å². The summed E-state index contributed by atoms with van der Waals surface area (Å²) in [5.74, 6) is 3.17. The number of fused-ring (bicyclic) bond motifs is 1. The molecule has 4 unspecified atom stereocenters. The van der Waals surface area contributed by atoms with Gasteiger partial charge in [0.05, 0.1) is 6.07 Å². The van der Waals surface area contributed by atoms with Crippen molar-refractivity contribution in [2.24, 2.45) is 29.1 Å². The third-order valence-corrected chi connectivity index (χ3v) is 5.98. The van der Waals surface area contributed by atoms with Crippen molar-refractivity contribution in [2.75, 3.05) is 0 Å². The molecule has 2 aliphatic rings. The molecule has 112 valence electrons. The molecule has 0 saturated heterocycles. The van der Waals surface area contributed by atoms with Crippen molar-refractivity contribution in [3.63, 3.8) is 0 Å². The van der Waals surface area contributed by atoms with Crippen LogP contribution in [0.3, 0.4) is 0 Å². The second kappa shape index (κ2) is 6.33. The Kier molecular flexibility index (Phi) is 4.95. The molecule has 0 aromatic heterocycles. The molecule has 0 bridgehead atoms. The molecule has 0 aromatic rings.